The standard InChI is InChI=1S/C34H38FN5O3/c1-20-25-7-5-4-6-21(25)12-15-39(20)32(41)29-17-30(22-8-9-22)40-31(36-29)18-28(37-40)26-11-10-24(16-27(26)35)38-14-13-23(19-38)34(2,3)33(42)43/h4-7,10-11,16-18,20,22-23,33,42-43H,8-9,12-15,19H2,1-3H3/t20-,23-/m1/s1. The van der Waals surface area contributed by atoms with Gasteiger partial charge in [-0.1, -0.05) is 38.1 Å². The molecule has 0 radical (unpaired) electrons. The summed E-state index contributed by atoms with van der Waals surface area (Å²) in [6, 6.07) is 17.1. The summed E-state index contributed by atoms with van der Waals surface area (Å²) in [5.41, 5.74) is 5.33. The van der Waals surface area contributed by atoms with E-state index in [2.05, 4.69) is 24.0 Å². The molecule has 2 N–H and O–H groups in total. The Bertz CT molecular complexity index is 1710. The first kappa shape index (κ1) is 28.0. The second-order valence-electron chi connectivity index (χ2n) is 13.1. The third-order valence-corrected chi connectivity index (χ3v) is 10.0. The molecule has 3 aliphatic rings. The van der Waals surface area contributed by atoms with Gasteiger partial charge in [0.15, 0.2) is 11.9 Å². The van der Waals surface area contributed by atoms with Crippen LogP contribution in [-0.4, -0.2) is 61.5 Å². The van der Waals surface area contributed by atoms with E-state index >= 15 is 4.39 Å². The molecule has 2 aromatic heterocycles. The smallest absolute Gasteiger partial charge is 0.273 e. The van der Waals surface area contributed by atoms with Gasteiger partial charge in [0.1, 0.15) is 11.5 Å². The Labute approximate surface area is 250 Å². The van der Waals surface area contributed by atoms with Crippen LogP contribution in [0.2, 0.25) is 0 Å². The molecule has 2 aliphatic heterocycles. The maximum Gasteiger partial charge on any atom is 0.273 e. The van der Waals surface area contributed by atoms with Crippen molar-refractivity contribution in [1.29, 1.82) is 0 Å². The number of anilines is 1. The summed E-state index contributed by atoms with van der Waals surface area (Å²) in [6.07, 6.45) is 2.27. The van der Waals surface area contributed by atoms with Gasteiger partial charge < -0.3 is 20.0 Å². The molecule has 1 saturated carbocycles. The van der Waals surface area contributed by atoms with Crippen molar-refractivity contribution in [3.05, 3.63) is 82.9 Å². The molecule has 7 rings (SSSR count). The number of benzene rings is 2. The van der Waals surface area contributed by atoms with Crippen LogP contribution in [0.4, 0.5) is 10.1 Å². The number of fused-ring (bicyclic) bond motifs is 2. The Balaban J connectivity index is 1.17. The fourth-order valence-electron chi connectivity index (χ4n) is 6.83. The molecule has 0 unspecified atom stereocenters. The zero-order valence-corrected chi connectivity index (χ0v) is 24.9. The van der Waals surface area contributed by atoms with Crippen molar-refractivity contribution in [1.82, 2.24) is 19.5 Å². The van der Waals surface area contributed by atoms with E-state index in [4.69, 9.17) is 10.1 Å². The zero-order valence-electron chi connectivity index (χ0n) is 24.9. The van der Waals surface area contributed by atoms with E-state index in [0.717, 1.165) is 43.6 Å². The molecule has 4 heterocycles. The third kappa shape index (κ3) is 4.88. The molecular weight excluding hydrogens is 545 g/mol. The van der Waals surface area contributed by atoms with Gasteiger partial charge in [0.2, 0.25) is 0 Å². The van der Waals surface area contributed by atoms with Gasteiger partial charge in [0, 0.05) is 54.0 Å². The van der Waals surface area contributed by atoms with Gasteiger partial charge in [-0.05, 0) is 73.9 Å². The molecule has 4 aromatic rings. The first-order valence-corrected chi connectivity index (χ1v) is 15.3. The molecule has 9 heteroatoms. The van der Waals surface area contributed by atoms with Crippen LogP contribution in [0.5, 0.6) is 0 Å². The summed E-state index contributed by atoms with van der Waals surface area (Å²) in [7, 11) is 0. The average Bonchev–Trinajstić information content (AvgIpc) is 3.54. The summed E-state index contributed by atoms with van der Waals surface area (Å²) in [4.78, 5) is 22.6. The maximum absolute atomic E-state index is 15.6. The molecule has 0 spiro atoms. The normalized spacial score (nSPS) is 20.7. The average molecular weight is 584 g/mol. The van der Waals surface area contributed by atoms with Gasteiger partial charge in [-0.3, -0.25) is 4.79 Å². The lowest BCUT2D eigenvalue weighted by Gasteiger charge is -2.35. The molecule has 2 atom stereocenters. The van der Waals surface area contributed by atoms with E-state index in [9.17, 15) is 15.0 Å². The Kier molecular flexibility index (Phi) is 6.78. The Morgan fingerprint density at radius 3 is 2.58 bits per heavy atom. The highest BCUT2D eigenvalue weighted by molar-refractivity contribution is 5.93. The second-order valence-corrected chi connectivity index (χ2v) is 13.1. The van der Waals surface area contributed by atoms with Gasteiger partial charge in [-0.25, -0.2) is 13.9 Å². The van der Waals surface area contributed by atoms with Crippen molar-refractivity contribution in [2.45, 2.75) is 64.7 Å². The largest absolute Gasteiger partial charge is 0.371 e. The number of carbonyl (C=O) groups is 1. The molecule has 2 fully saturated rings. The van der Waals surface area contributed by atoms with Crippen molar-refractivity contribution in [3.63, 3.8) is 0 Å². The van der Waals surface area contributed by atoms with E-state index in [1.54, 1.807) is 16.6 Å². The lowest BCUT2D eigenvalue weighted by molar-refractivity contribution is -0.140. The summed E-state index contributed by atoms with van der Waals surface area (Å²) < 4.78 is 17.4. The first-order valence-electron chi connectivity index (χ1n) is 15.3. The van der Waals surface area contributed by atoms with Gasteiger partial charge in [0.25, 0.3) is 5.91 Å². The van der Waals surface area contributed by atoms with Crippen LogP contribution >= 0.6 is 0 Å². The van der Waals surface area contributed by atoms with Crippen molar-refractivity contribution >= 4 is 17.2 Å². The fourth-order valence-corrected chi connectivity index (χ4v) is 6.83. The number of aliphatic hydroxyl groups excluding tert-OH is 1. The summed E-state index contributed by atoms with van der Waals surface area (Å²) in [5, 5.41) is 24.4. The minimum absolute atomic E-state index is 0.0430. The summed E-state index contributed by atoms with van der Waals surface area (Å²) >= 11 is 0. The topological polar surface area (TPSA) is 94.2 Å². The first-order chi connectivity index (χ1) is 20.6. The number of rotatable bonds is 6. The molecule has 1 saturated heterocycles. The number of hydrogen-bond donors (Lipinski definition) is 2. The lowest BCUT2D eigenvalue weighted by atomic mass is 9.77. The molecular formula is C34H38FN5O3. The predicted molar refractivity (Wildman–Crippen MR) is 162 cm³/mol. The van der Waals surface area contributed by atoms with Crippen molar-refractivity contribution < 1.29 is 19.4 Å². The van der Waals surface area contributed by atoms with Gasteiger partial charge in [-0.15, -0.1) is 0 Å². The molecule has 43 heavy (non-hydrogen) atoms. The van der Waals surface area contributed by atoms with Crippen LogP contribution in [0, 0.1) is 17.2 Å². The van der Waals surface area contributed by atoms with Crippen molar-refractivity contribution in [2.75, 3.05) is 24.5 Å². The highest BCUT2D eigenvalue weighted by Gasteiger charge is 2.40. The van der Waals surface area contributed by atoms with E-state index in [0.29, 0.717) is 41.6 Å². The summed E-state index contributed by atoms with van der Waals surface area (Å²) in [6.45, 7) is 7.77. The van der Waals surface area contributed by atoms with Crippen LogP contribution < -0.4 is 4.90 Å². The monoisotopic (exact) mass is 583 g/mol. The van der Waals surface area contributed by atoms with Crippen LogP contribution in [-0.2, 0) is 6.42 Å². The Morgan fingerprint density at radius 1 is 1.05 bits per heavy atom. The summed E-state index contributed by atoms with van der Waals surface area (Å²) in [5.74, 6) is -0.0807. The van der Waals surface area contributed by atoms with E-state index in [1.807, 2.05) is 43.0 Å². The molecule has 2 aromatic carbocycles. The molecule has 8 nitrogen and oxygen atoms in total. The fraction of sp³-hybridized carbons (Fsp3) is 0.441. The second kappa shape index (κ2) is 10.4. The van der Waals surface area contributed by atoms with Crippen LogP contribution in [0.25, 0.3) is 16.9 Å². The lowest BCUT2D eigenvalue weighted by Crippen LogP contribution is -2.39. The number of aliphatic hydroxyl groups is 2. The van der Waals surface area contributed by atoms with Gasteiger partial charge >= 0.3 is 0 Å². The third-order valence-electron chi connectivity index (χ3n) is 10.0. The predicted octanol–water partition coefficient (Wildman–Crippen LogP) is 5.34. The van der Waals surface area contributed by atoms with E-state index in [1.165, 1.54) is 17.2 Å². The number of halogens is 1. The number of carbonyl (C=O) groups excluding carboxylic acids is 1. The number of aromatic nitrogens is 3. The van der Waals surface area contributed by atoms with Gasteiger partial charge in [-0.2, -0.15) is 5.10 Å². The quantitative estimate of drug-likeness (QED) is 0.298. The van der Waals surface area contributed by atoms with E-state index in [-0.39, 0.29) is 23.7 Å². The number of nitrogens with zero attached hydrogens (tertiary/aromatic N) is 5. The molecule has 1 aliphatic carbocycles. The maximum atomic E-state index is 15.6. The molecule has 224 valence electrons. The highest BCUT2D eigenvalue weighted by Crippen LogP contribution is 2.42. The zero-order chi connectivity index (χ0) is 30.0. The highest BCUT2D eigenvalue weighted by atomic mass is 19.1. The molecule has 0 bridgehead atoms. The van der Waals surface area contributed by atoms with Gasteiger partial charge in [0.05, 0.1) is 11.7 Å². The Morgan fingerprint density at radius 2 is 1.84 bits per heavy atom. The number of amides is 1. The SMILES string of the molecule is C[C@@H]1c2ccccc2CCN1C(=O)c1cc(C2CC2)n2nc(-c3ccc(N4CC[C@@H](C(C)(C)C(O)O)C4)cc3F)cc2n1. The van der Waals surface area contributed by atoms with Crippen LogP contribution in [0.1, 0.15) is 79.3 Å². The minimum atomic E-state index is -1.41. The molecule has 1 amide bonds. The van der Waals surface area contributed by atoms with E-state index < -0.39 is 11.7 Å². The minimum Gasteiger partial charge on any atom is -0.371 e. The van der Waals surface area contributed by atoms with Crippen molar-refractivity contribution in [3.8, 4) is 11.3 Å². The van der Waals surface area contributed by atoms with Crippen molar-refractivity contribution in [2.24, 2.45) is 11.3 Å². The Hall–Kier alpha value is -3.82. The number of hydrogen-bond acceptors (Lipinski definition) is 6. The van der Waals surface area contributed by atoms with Crippen LogP contribution in [0.15, 0.2) is 54.6 Å². The van der Waals surface area contributed by atoms with Crippen LogP contribution in [0.3, 0.4) is 0 Å².